The van der Waals surface area contributed by atoms with Gasteiger partial charge in [0, 0.05) is 0 Å². The first-order valence-corrected chi connectivity index (χ1v) is 7.19. The van der Waals surface area contributed by atoms with E-state index in [0.29, 0.717) is 11.3 Å². The van der Waals surface area contributed by atoms with Crippen LogP contribution in [0.4, 0.5) is 0 Å². The van der Waals surface area contributed by atoms with Gasteiger partial charge in [-0.3, -0.25) is 4.79 Å². The highest BCUT2D eigenvalue weighted by molar-refractivity contribution is 5.70. The summed E-state index contributed by atoms with van der Waals surface area (Å²) in [6, 6.07) is 0. The molecule has 0 spiro atoms. The van der Waals surface area contributed by atoms with Crippen LogP contribution < -0.4 is 0 Å². The lowest BCUT2D eigenvalue weighted by Crippen LogP contribution is -2.34. The van der Waals surface area contributed by atoms with Crippen molar-refractivity contribution in [2.45, 2.75) is 72.1 Å². The molecule has 17 heavy (non-hydrogen) atoms. The number of carbonyl (C=O) groups is 1. The first-order chi connectivity index (χ1) is 7.96. The van der Waals surface area contributed by atoms with Crippen molar-refractivity contribution in [2.75, 3.05) is 0 Å². The van der Waals surface area contributed by atoms with Gasteiger partial charge in [-0.05, 0) is 37.0 Å². The molecule has 0 radical (unpaired) electrons. The molecule has 0 heterocycles. The van der Waals surface area contributed by atoms with E-state index in [2.05, 4.69) is 20.8 Å². The minimum atomic E-state index is -0.569. The molecule has 1 aliphatic carbocycles. The van der Waals surface area contributed by atoms with Crippen molar-refractivity contribution >= 4 is 5.97 Å². The lowest BCUT2D eigenvalue weighted by atomic mass is 9.66. The van der Waals surface area contributed by atoms with Gasteiger partial charge in [0.25, 0.3) is 0 Å². The van der Waals surface area contributed by atoms with Crippen LogP contribution in [0.5, 0.6) is 0 Å². The average molecular weight is 240 g/mol. The third-order valence-electron chi connectivity index (χ3n) is 4.26. The van der Waals surface area contributed by atoms with Crippen LogP contribution in [0.1, 0.15) is 72.1 Å². The zero-order valence-corrected chi connectivity index (χ0v) is 11.7. The largest absolute Gasteiger partial charge is 0.481 e. The van der Waals surface area contributed by atoms with Gasteiger partial charge in [-0.1, -0.05) is 46.5 Å². The third-order valence-corrected chi connectivity index (χ3v) is 4.26. The van der Waals surface area contributed by atoms with Gasteiger partial charge in [0.05, 0.1) is 5.92 Å². The molecule has 2 atom stereocenters. The van der Waals surface area contributed by atoms with Crippen molar-refractivity contribution in [3.63, 3.8) is 0 Å². The van der Waals surface area contributed by atoms with Gasteiger partial charge in [-0.25, -0.2) is 0 Å². The van der Waals surface area contributed by atoms with E-state index in [0.717, 1.165) is 25.7 Å². The predicted octanol–water partition coefficient (Wildman–Crippen LogP) is 4.48. The maximum Gasteiger partial charge on any atom is 0.306 e. The number of hydrogen-bond acceptors (Lipinski definition) is 1. The predicted molar refractivity (Wildman–Crippen MR) is 71.0 cm³/mol. The van der Waals surface area contributed by atoms with Gasteiger partial charge in [-0.2, -0.15) is 0 Å². The molecule has 0 aromatic carbocycles. The first-order valence-electron chi connectivity index (χ1n) is 7.19. The number of unbranched alkanes of at least 4 members (excludes halogenated alkanes) is 3. The average Bonchev–Trinajstić information content (AvgIpc) is 2.23. The van der Waals surface area contributed by atoms with Gasteiger partial charge in [0.1, 0.15) is 0 Å². The summed E-state index contributed by atoms with van der Waals surface area (Å²) in [5, 5.41) is 9.28. The Bertz CT molecular complexity index is 245. The molecule has 0 saturated heterocycles. The van der Waals surface area contributed by atoms with Gasteiger partial charge < -0.3 is 5.11 Å². The fourth-order valence-electron chi connectivity index (χ4n) is 3.20. The summed E-state index contributed by atoms with van der Waals surface area (Å²) in [5.74, 6) is -0.237. The molecule has 0 aromatic heterocycles. The summed E-state index contributed by atoms with van der Waals surface area (Å²) < 4.78 is 0. The van der Waals surface area contributed by atoms with Crippen LogP contribution >= 0.6 is 0 Å². The van der Waals surface area contributed by atoms with Crippen molar-refractivity contribution in [3.8, 4) is 0 Å². The molecule has 2 unspecified atom stereocenters. The summed E-state index contributed by atoms with van der Waals surface area (Å²) in [7, 11) is 0. The van der Waals surface area contributed by atoms with Crippen molar-refractivity contribution in [3.05, 3.63) is 0 Å². The van der Waals surface area contributed by atoms with E-state index in [1.165, 1.54) is 25.7 Å². The van der Waals surface area contributed by atoms with Crippen LogP contribution in [0.25, 0.3) is 0 Å². The van der Waals surface area contributed by atoms with Crippen LogP contribution in [-0.2, 0) is 4.79 Å². The normalized spacial score (nSPS) is 27.9. The van der Waals surface area contributed by atoms with Crippen LogP contribution in [0.15, 0.2) is 0 Å². The van der Waals surface area contributed by atoms with E-state index in [1.807, 2.05) is 0 Å². The number of hydrogen-bond donors (Lipinski definition) is 1. The van der Waals surface area contributed by atoms with Gasteiger partial charge in [-0.15, -0.1) is 0 Å². The van der Waals surface area contributed by atoms with E-state index in [4.69, 9.17) is 0 Å². The standard InChI is InChI=1S/C15H28O2/c1-4-5-6-7-8-12-11-15(2,3)10-9-13(12)14(16)17/h12-13H,4-11H2,1-3H3,(H,16,17). The molecule has 1 N–H and O–H groups in total. The van der Waals surface area contributed by atoms with Crippen LogP contribution in [0.2, 0.25) is 0 Å². The topological polar surface area (TPSA) is 37.3 Å². The smallest absolute Gasteiger partial charge is 0.306 e. The highest BCUT2D eigenvalue weighted by Crippen LogP contribution is 2.43. The highest BCUT2D eigenvalue weighted by Gasteiger charge is 2.37. The number of carboxylic acid groups (broad SMARTS) is 1. The molecule has 1 aliphatic rings. The molecule has 0 amide bonds. The number of carboxylic acids is 1. The fourth-order valence-corrected chi connectivity index (χ4v) is 3.20. The van der Waals surface area contributed by atoms with Crippen molar-refractivity contribution in [1.29, 1.82) is 0 Å². The summed E-state index contributed by atoms with van der Waals surface area (Å²) in [6.07, 6.45) is 9.15. The van der Waals surface area contributed by atoms with E-state index >= 15 is 0 Å². The SMILES string of the molecule is CCCCCCC1CC(C)(C)CCC1C(=O)O. The second-order valence-corrected chi connectivity index (χ2v) is 6.46. The molecule has 2 heteroatoms. The van der Waals surface area contributed by atoms with Gasteiger partial charge in [0.15, 0.2) is 0 Å². The first kappa shape index (κ1) is 14.5. The Kier molecular flexibility index (Phi) is 5.48. The number of rotatable bonds is 6. The summed E-state index contributed by atoms with van der Waals surface area (Å²) in [4.78, 5) is 11.3. The van der Waals surface area contributed by atoms with Crippen molar-refractivity contribution in [1.82, 2.24) is 0 Å². The Morgan fingerprint density at radius 3 is 2.59 bits per heavy atom. The second-order valence-electron chi connectivity index (χ2n) is 6.46. The van der Waals surface area contributed by atoms with Crippen molar-refractivity contribution < 1.29 is 9.90 Å². The Balaban J connectivity index is 2.46. The Morgan fingerprint density at radius 2 is 2.00 bits per heavy atom. The molecular weight excluding hydrogens is 212 g/mol. The summed E-state index contributed by atoms with van der Waals surface area (Å²) >= 11 is 0. The van der Waals surface area contributed by atoms with Crippen LogP contribution in [0, 0.1) is 17.3 Å². The van der Waals surface area contributed by atoms with Gasteiger partial charge in [0.2, 0.25) is 0 Å². The molecule has 0 aromatic rings. The summed E-state index contributed by atoms with van der Waals surface area (Å²) in [5.41, 5.74) is 0.349. The maximum atomic E-state index is 11.3. The van der Waals surface area contributed by atoms with E-state index in [9.17, 15) is 9.90 Å². The number of aliphatic carboxylic acids is 1. The highest BCUT2D eigenvalue weighted by atomic mass is 16.4. The van der Waals surface area contributed by atoms with E-state index < -0.39 is 5.97 Å². The maximum absolute atomic E-state index is 11.3. The lowest BCUT2D eigenvalue weighted by Gasteiger charge is -2.39. The summed E-state index contributed by atoms with van der Waals surface area (Å²) in [6.45, 7) is 6.78. The van der Waals surface area contributed by atoms with Gasteiger partial charge >= 0.3 is 5.97 Å². The molecular formula is C15H28O2. The monoisotopic (exact) mass is 240 g/mol. The lowest BCUT2D eigenvalue weighted by molar-refractivity contribution is -0.146. The minimum Gasteiger partial charge on any atom is -0.481 e. The molecule has 1 saturated carbocycles. The molecule has 2 nitrogen and oxygen atoms in total. The molecule has 100 valence electrons. The quantitative estimate of drug-likeness (QED) is 0.695. The third kappa shape index (κ3) is 4.69. The minimum absolute atomic E-state index is 0.0790. The zero-order valence-electron chi connectivity index (χ0n) is 11.7. The fraction of sp³-hybridized carbons (Fsp3) is 0.933. The molecule has 0 aliphatic heterocycles. The van der Waals surface area contributed by atoms with Crippen LogP contribution in [0.3, 0.4) is 0 Å². The zero-order chi connectivity index (χ0) is 12.9. The van der Waals surface area contributed by atoms with Crippen LogP contribution in [-0.4, -0.2) is 11.1 Å². The molecule has 1 fully saturated rings. The Hall–Kier alpha value is -0.530. The molecule has 0 bridgehead atoms. The Labute approximate surface area is 106 Å². The van der Waals surface area contributed by atoms with E-state index in [1.54, 1.807) is 0 Å². The Morgan fingerprint density at radius 1 is 1.29 bits per heavy atom. The van der Waals surface area contributed by atoms with E-state index in [-0.39, 0.29) is 5.92 Å². The molecule has 1 rings (SSSR count). The second kappa shape index (κ2) is 6.42. The van der Waals surface area contributed by atoms with Crippen molar-refractivity contribution in [2.24, 2.45) is 17.3 Å².